The molecule has 0 bridgehead atoms. The van der Waals surface area contributed by atoms with Crippen LogP contribution in [0.3, 0.4) is 0 Å². The van der Waals surface area contributed by atoms with E-state index >= 15 is 0 Å². The second kappa shape index (κ2) is 9.88. The van der Waals surface area contributed by atoms with Gasteiger partial charge in [0, 0.05) is 17.6 Å². The molecule has 0 amide bonds. The molecule has 0 spiro atoms. The maximum Gasteiger partial charge on any atom is 0.0419 e. The van der Waals surface area contributed by atoms with Crippen molar-refractivity contribution in [1.82, 2.24) is 0 Å². The average Bonchev–Trinajstić information content (AvgIpc) is 2.67. The molecule has 0 saturated carbocycles. The van der Waals surface area contributed by atoms with E-state index in [0.29, 0.717) is 0 Å². The molecule has 0 unspecified atom stereocenters. The lowest BCUT2D eigenvalue weighted by Gasteiger charge is -2.09. The number of aryl methyl sites for hydroxylation is 1. The largest absolute Gasteiger partial charge is 0.385 e. The molecule has 3 rings (SSSR count). The fraction of sp³-hybridized carbons (Fsp3) is 0.333. The van der Waals surface area contributed by atoms with E-state index in [1.54, 1.807) is 0 Å². The SMILES string of the molecule is c1ccc(CCCCCCCCNc2cccc3ccccc23)cc1. The van der Waals surface area contributed by atoms with Gasteiger partial charge in [-0.3, -0.25) is 0 Å². The summed E-state index contributed by atoms with van der Waals surface area (Å²) in [6.45, 7) is 1.07. The summed E-state index contributed by atoms with van der Waals surface area (Å²) >= 11 is 0. The van der Waals surface area contributed by atoms with Crippen LogP contribution in [0.5, 0.6) is 0 Å². The molecule has 0 radical (unpaired) electrons. The molecule has 0 saturated heterocycles. The Morgan fingerprint density at radius 2 is 1.24 bits per heavy atom. The number of nitrogens with one attached hydrogen (secondary N) is 1. The van der Waals surface area contributed by atoms with Gasteiger partial charge in [-0.15, -0.1) is 0 Å². The van der Waals surface area contributed by atoms with Crippen LogP contribution < -0.4 is 5.32 Å². The molecule has 0 heterocycles. The number of unbranched alkanes of at least 4 members (excludes halogenated alkanes) is 5. The number of hydrogen-bond donors (Lipinski definition) is 1. The first-order chi connectivity index (χ1) is 12.4. The van der Waals surface area contributed by atoms with Crippen LogP contribution in [0, 0.1) is 0 Å². The van der Waals surface area contributed by atoms with E-state index in [4.69, 9.17) is 0 Å². The van der Waals surface area contributed by atoms with Gasteiger partial charge in [0.1, 0.15) is 0 Å². The third-order valence-corrected chi connectivity index (χ3v) is 4.84. The zero-order valence-corrected chi connectivity index (χ0v) is 15.1. The number of benzene rings is 3. The van der Waals surface area contributed by atoms with Crippen molar-refractivity contribution in [1.29, 1.82) is 0 Å². The summed E-state index contributed by atoms with van der Waals surface area (Å²) in [6.07, 6.45) is 9.19. The first kappa shape index (κ1) is 17.5. The molecule has 0 fully saturated rings. The third kappa shape index (κ3) is 5.63. The van der Waals surface area contributed by atoms with Crippen molar-refractivity contribution in [3.63, 3.8) is 0 Å². The maximum atomic E-state index is 3.61. The molecule has 0 aromatic heterocycles. The molecule has 0 aliphatic carbocycles. The van der Waals surface area contributed by atoms with Gasteiger partial charge in [-0.05, 0) is 36.3 Å². The molecule has 1 nitrogen and oxygen atoms in total. The maximum absolute atomic E-state index is 3.61. The smallest absolute Gasteiger partial charge is 0.0419 e. The fourth-order valence-corrected chi connectivity index (χ4v) is 3.41. The molecule has 0 aliphatic heterocycles. The molecule has 1 N–H and O–H groups in total. The van der Waals surface area contributed by atoms with E-state index in [2.05, 4.69) is 78.1 Å². The average molecular weight is 332 g/mol. The van der Waals surface area contributed by atoms with Crippen molar-refractivity contribution < 1.29 is 0 Å². The van der Waals surface area contributed by atoms with E-state index in [-0.39, 0.29) is 0 Å². The summed E-state index contributed by atoms with van der Waals surface area (Å²) < 4.78 is 0. The van der Waals surface area contributed by atoms with Crippen LogP contribution in [-0.4, -0.2) is 6.54 Å². The van der Waals surface area contributed by atoms with Gasteiger partial charge in [-0.25, -0.2) is 0 Å². The van der Waals surface area contributed by atoms with Crippen LogP contribution in [0.15, 0.2) is 72.8 Å². The van der Waals surface area contributed by atoms with E-state index in [1.165, 1.54) is 67.0 Å². The standard InChI is InChI=1S/C24H29N/c1(3-6-13-21-14-7-5-8-15-21)2-4-11-20-25-24-19-12-17-22-16-9-10-18-23(22)24/h5,7-10,12,14-19,25H,1-4,6,11,13,20H2. The van der Waals surface area contributed by atoms with E-state index in [9.17, 15) is 0 Å². The summed E-state index contributed by atoms with van der Waals surface area (Å²) in [6, 6.07) is 25.9. The third-order valence-electron chi connectivity index (χ3n) is 4.84. The molecule has 3 aromatic carbocycles. The highest BCUT2D eigenvalue weighted by molar-refractivity contribution is 5.93. The van der Waals surface area contributed by atoms with Crippen molar-refractivity contribution in [3.8, 4) is 0 Å². The molecule has 25 heavy (non-hydrogen) atoms. The normalized spacial score (nSPS) is 10.9. The van der Waals surface area contributed by atoms with E-state index in [0.717, 1.165) is 6.54 Å². The highest BCUT2D eigenvalue weighted by Crippen LogP contribution is 2.23. The molecule has 130 valence electrons. The second-order valence-corrected chi connectivity index (χ2v) is 6.81. The minimum atomic E-state index is 1.07. The number of anilines is 1. The zero-order valence-electron chi connectivity index (χ0n) is 15.1. The summed E-state index contributed by atoms with van der Waals surface area (Å²) in [5, 5.41) is 6.25. The number of rotatable bonds is 10. The van der Waals surface area contributed by atoms with Crippen LogP contribution in [-0.2, 0) is 6.42 Å². The lowest BCUT2D eigenvalue weighted by Crippen LogP contribution is -2.01. The van der Waals surface area contributed by atoms with Gasteiger partial charge in [-0.2, -0.15) is 0 Å². The van der Waals surface area contributed by atoms with Crippen molar-refractivity contribution in [2.24, 2.45) is 0 Å². The highest BCUT2D eigenvalue weighted by atomic mass is 14.9. The Morgan fingerprint density at radius 3 is 2.12 bits per heavy atom. The Bertz CT molecular complexity index is 743. The van der Waals surface area contributed by atoms with E-state index in [1.807, 2.05) is 0 Å². The summed E-state index contributed by atoms with van der Waals surface area (Å²) in [5.74, 6) is 0. The Labute approximate surface area is 152 Å². The minimum Gasteiger partial charge on any atom is -0.385 e. The van der Waals surface area contributed by atoms with Crippen molar-refractivity contribution in [2.45, 2.75) is 44.9 Å². The van der Waals surface area contributed by atoms with Crippen LogP contribution in [0.4, 0.5) is 5.69 Å². The minimum absolute atomic E-state index is 1.07. The summed E-state index contributed by atoms with van der Waals surface area (Å²) in [5.41, 5.74) is 2.74. The number of hydrogen-bond acceptors (Lipinski definition) is 1. The Morgan fingerprint density at radius 1 is 0.560 bits per heavy atom. The molecule has 3 aromatic rings. The molecule has 1 heteroatoms. The van der Waals surface area contributed by atoms with Gasteiger partial charge in [0.25, 0.3) is 0 Å². The Kier molecular flexibility index (Phi) is 6.93. The molecular formula is C24H29N. The topological polar surface area (TPSA) is 12.0 Å². The Hall–Kier alpha value is -2.28. The summed E-state index contributed by atoms with van der Waals surface area (Å²) in [7, 11) is 0. The number of fused-ring (bicyclic) bond motifs is 1. The quantitative estimate of drug-likeness (QED) is 0.401. The lowest BCUT2D eigenvalue weighted by molar-refractivity contribution is 0.601. The fourth-order valence-electron chi connectivity index (χ4n) is 3.41. The molecular weight excluding hydrogens is 302 g/mol. The second-order valence-electron chi connectivity index (χ2n) is 6.81. The Balaban J connectivity index is 1.26. The van der Waals surface area contributed by atoms with Gasteiger partial charge < -0.3 is 5.32 Å². The molecule has 0 aliphatic rings. The first-order valence-electron chi connectivity index (χ1n) is 9.69. The summed E-state index contributed by atoms with van der Waals surface area (Å²) in [4.78, 5) is 0. The van der Waals surface area contributed by atoms with Gasteiger partial charge in [0.15, 0.2) is 0 Å². The van der Waals surface area contributed by atoms with Crippen LogP contribution >= 0.6 is 0 Å². The monoisotopic (exact) mass is 331 g/mol. The van der Waals surface area contributed by atoms with Gasteiger partial charge in [0.2, 0.25) is 0 Å². The van der Waals surface area contributed by atoms with Gasteiger partial charge in [0.05, 0.1) is 0 Å². The predicted octanol–water partition coefficient (Wildman–Crippen LogP) is 6.84. The van der Waals surface area contributed by atoms with Crippen LogP contribution in [0.25, 0.3) is 10.8 Å². The lowest BCUT2D eigenvalue weighted by atomic mass is 10.0. The van der Waals surface area contributed by atoms with Crippen molar-refractivity contribution in [2.75, 3.05) is 11.9 Å². The van der Waals surface area contributed by atoms with Crippen molar-refractivity contribution >= 4 is 16.5 Å². The van der Waals surface area contributed by atoms with Gasteiger partial charge >= 0.3 is 0 Å². The van der Waals surface area contributed by atoms with E-state index < -0.39 is 0 Å². The van der Waals surface area contributed by atoms with Crippen molar-refractivity contribution in [3.05, 3.63) is 78.4 Å². The predicted molar refractivity (Wildman–Crippen MR) is 110 cm³/mol. The first-order valence-corrected chi connectivity index (χ1v) is 9.69. The highest BCUT2D eigenvalue weighted by Gasteiger charge is 1.99. The zero-order chi connectivity index (χ0) is 17.2. The van der Waals surface area contributed by atoms with Gasteiger partial charge in [-0.1, -0.05) is 92.4 Å². The van der Waals surface area contributed by atoms with Crippen LogP contribution in [0.1, 0.15) is 44.1 Å². The molecule has 0 atom stereocenters. The van der Waals surface area contributed by atoms with Crippen LogP contribution in [0.2, 0.25) is 0 Å².